The van der Waals surface area contributed by atoms with Crippen LogP contribution in [0.1, 0.15) is 20.9 Å². The van der Waals surface area contributed by atoms with Crippen molar-refractivity contribution < 1.29 is 4.79 Å². The standard InChI is InChI=1S/C11H11ClN4OS/c1-6-8(18-5-15-6)4-14-11(17)7-2-9(12)16-10(13)3-7/h2-3,5H,4H2,1H3,(H2,13,16)(H,14,17). The summed E-state index contributed by atoms with van der Waals surface area (Å²) in [5, 5.41) is 2.99. The molecule has 1 amide bonds. The lowest BCUT2D eigenvalue weighted by Crippen LogP contribution is -2.23. The molecule has 0 atom stereocenters. The van der Waals surface area contributed by atoms with Crippen molar-refractivity contribution in [3.8, 4) is 0 Å². The van der Waals surface area contributed by atoms with E-state index < -0.39 is 0 Å². The van der Waals surface area contributed by atoms with E-state index in [9.17, 15) is 4.79 Å². The molecule has 2 heterocycles. The third-order valence-electron chi connectivity index (χ3n) is 2.33. The second-order valence-electron chi connectivity index (χ2n) is 3.65. The number of carbonyl (C=O) groups excluding carboxylic acids is 1. The van der Waals surface area contributed by atoms with Gasteiger partial charge in [0.05, 0.1) is 17.7 Å². The van der Waals surface area contributed by atoms with Crippen LogP contribution in [0.3, 0.4) is 0 Å². The first kappa shape index (κ1) is 12.8. The Labute approximate surface area is 113 Å². The van der Waals surface area contributed by atoms with Crippen molar-refractivity contribution in [1.29, 1.82) is 0 Å². The molecule has 18 heavy (non-hydrogen) atoms. The smallest absolute Gasteiger partial charge is 0.251 e. The molecule has 0 radical (unpaired) electrons. The van der Waals surface area contributed by atoms with Crippen molar-refractivity contribution in [2.75, 3.05) is 5.73 Å². The Kier molecular flexibility index (Phi) is 3.78. The molecule has 0 aromatic carbocycles. The Morgan fingerprint density at radius 3 is 2.94 bits per heavy atom. The van der Waals surface area contributed by atoms with Gasteiger partial charge in [0, 0.05) is 10.4 Å². The zero-order chi connectivity index (χ0) is 13.1. The lowest BCUT2D eigenvalue weighted by atomic mass is 10.2. The van der Waals surface area contributed by atoms with E-state index in [-0.39, 0.29) is 16.9 Å². The minimum Gasteiger partial charge on any atom is -0.384 e. The normalized spacial score (nSPS) is 10.3. The number of nitrogens with zero attached hydrogens (tertiary/aromatic N) is 2. The largest absolute Gasteiger partial charge is 0.384 e. The van der Waals surface area contributed by atoms with Crippen molar-refractivity contribution in [2.24, 2.45) is 0 Å². The van der Waals surface area contributed by atoms with Gasteiger partial charge in [-0.15, -0.1) is 11.3 Å². The molecule has 0 fully saturated rings. The van der Waals surface area contributed by atoms with Crippen LogP contribution in [0.4, 0.5) is 5.82 Å². The first-order chi connectivity index (χ1) is 8.56. The molecule has 94 valence electrons. The van der Waals surface area contributed by atoms with Crippen LogP contribution in [0.2, 0.25) is 5.15 Å². The molecule has 0 unspecified atom stereocenters. The first-order valence-electron chi connectivity index (χ1n) is 5.16. The maximum absolute atomic E-state index is 11.9. The molecule has 0 spiro atoms. The fraction of sp³-hybridized carbons (Fsp3) is 0.182. The summed E-state index contributed by atoms with van der Waals surface area (Å²) in [5.74, 6) is -0.0135. The number of rotatable bonds is 3. The zero-order valence-corrected chi connectivity index (χ0v) is 11.2. The number of nitrogen functional groups attached to an aromatic ring is 1. The summed E-state index contributed by atoms with van der Waals surface area (Å²) < 4.78 is 0. The topological polar surface area (TPSA) is 80.9 Å². The second-order valence-corrected chi connectivity index (χ2v) is 4.97. The number of pyridine rings is 1. The molecule has 0 aliphatic rings. The molecule has 0 saturated heterocycles. The van der Waals surface area contributed by atoms with E-state index in [1.807, 2.05) is 6.92 Å². The van der Waals surface area contributed by atoms with Gasteiger partial charge in [-0.2, -0.15) is 0 Å². The van der Waals surface area contributed by atoms with Crippen LogP contribution >= 0.6 is 22.9 Å². The Hall–Kier alpha value is -1.66. The molecule has 0 aliphatic heterocycles. The maximum atomic E-state index is 11.9. The SMILES string of the molecule is Cc1ncsc1CNC(=O)c1cc(N)nc(Cl)c1. The number of hydrogen-bond donors (Lipinski definition) is 2. The highest BCUT2D eigenvalue weighted by atomic mass is 35.5. The van der Waals surface area contributed by atoms with Crippen LogP contribution in [-0.2, 0) is 6.54 Å². The number of thiazole rings is 1. The summed E-state index contributed by atoms with van der Waals surface area (Å²) >= 11 is 7.24. The number of amides is 1. The van der Waals surface area contributed by atoms with E-state index in [1.54, 1.807) is 5.51 Å². The number of carbonyl (C=O) groups is 1. The summed E-state index contributed by atoms with van der Waals surface area (Å²) in [6.45, 7) is 2.34. The molecule has 2 aromatic rings. The lowest BCUT2D eigenvalue weighted by Gasteiger charge is -2.05. The van der Waals surface area contributed by atoms with Gasteiger partial charge in [0.25, 0.3) is 5.91 Å². The van der Waals surface area contributed by atoms with E-state index in [0.717, 1.165) is 10.6 Å². The monoisotopic (exact) mass is 282 g/mol. The Morgan fingerprint density at radius 2 is 2.33 bits per heavy atom. The lowest BCUT2D eigenvalue weighted by molar-refractivity contribution is 0.0951. The quantitative estimate of drug-likeness (QED) is 0.844. The molecule has 2 aromatic heterocycles. The van der Waals surface area contributed by atoms with Gasteiger partial charge in [0.1, 0.15) is 11.0 Å². The number of anilines is 1. The Balaban J connectivity index is 2.06. The van der Waals surface area contributed by atoms with Crippen molar-refractivity contribution in [3.63, 3.8) is 0 Å². The zero-order valence-electron chi connectivity index (χ0n) is 9.61. The van der Waals surface area contributed by atoms with Gasteiger partial charge < -0.3 is 11.1 Å². The van der Waals surface area contributed by atoms with Crippen LogP contribution in [0.15, 0.2) is 17.6 Å². The van der Waals surface area contributed by atoms with E-state index in [2.05, 4.69) is 15.3 Å². The first-order valence-corrected chi connectivity index (χ1v) is 6.42. The number of aromatic nitrogens is 2. The van der Waals surface area contributed by atoms with Gasteiger partial charge in [-0.25, -0.2) is 9.97 Å². The molecule has 3 N–H and O–H groups in total. The third-order valence-corrected chi connectivity index (χ3v) is 3.46. The summed E-state index contributed by atoms with van der Waals surface area (Å²) in [5.41, 5.74) is 8.60. The number of nitrogens with one attached hydrogen (secondary N) is 1. The van der Waals surface area contributed by atoms with Crippen LogP contribution in [-0.4, -0.2) is 15.9 Å². The second kappa shape index (κ2) is 5.32. The average Bonchev–Trinajstić information content (AvgIpc) is 2.70. The highest BCUT2D eigenvalue weighted by Gasteiger charge is 2.09. The van der Waals surface area contributed by atoms with Gasteiger partial charge in [0.15, 0.2) is 0 Å². The summed E-state index contributed by atoms with van der Waals surface area (Å²) in [6.07, 6.45) is 0. The van der Waals surface area contributed by atoms with E-state index >= 15 is 0 Å². The summed E-state index contributed by atoms with van der Waals surface area (Å²) in [6, 6.07) is 2.97. The molecular weight excluding hydrogens is 272 g/mol. The predicted octanol–water partition coefficient (Wildman–Crippen LogP) is 2.01. The molecular formula is C11H11ClN4OS. The highest BCUT2D eigenvalue weighted by molar-refractivity contribution is 7.09. The maximum Gasteiger partial charge on any atom is 0.251 e. The van der Waals surface area contributed by atoms with Crippen molar-refractivity contribution in [2.45, 2.75) is 13.5 Å². The molecule has 0 saturated carbocycles. The van der Waals surface area contributed by atoms with Crippen molar-refractivity contribution >= 4 is 34.7 Å². The average molecular weight is 283 g/mol. The molecule has 7 heteroatoms. The minimum atomic E-state index is -0.237. The van der Waals surface area contributed by atoms with E-state index in [1.165, 1.54) is 23.5 Å². The van der Waals surface area contributed by atoms with Gasteiger partial charge in [-0.3, -0.25) is 4.79 Å². The molecule has 0 bridgehead atoms. The molecule has 5 nitrogen and oxygen atoms in total. The number of nitrogens with two attached hydrogens (primary N) is 1. The van der Waals surface area contributed by atoms with Gasteiger partial charge >= 0.3 is 0 Å². The fourth-order valence-electron chi connectivity index (χ4n) is 1.41. The molecule has 0 aliphatic carbocycles. The Bertz CT molecular complexity index is 564. The van der Waals surface area contributed by atoms with Crippen LogP contribution in [0.5, 0.6) is 0 Å². The predicted molar refractivity (Wildman–Crippen MR) is 71.7 cm³/mol. The van der Waals surface area contributed by atoms with Gasteiger partial charge in [-0.1, -0.05) is 11.6 Å². The fourth-order valence-corrected chi connectivity index (χ4v) is 2.34. The Morgan fingerprint density at radius 1 is 1.56 bits per heavy atom. The minimum absolute atomic E-state index is 0.203. The summed E-state index contributed by atoms with van der Waals surface area (Å²) in [7, 11) is 0. The molecule has 2 rings (SSSR count). The number of aryl methyl sites for hydroxylation is 1. The summed E-state index contributed by atoms with van der Waals surface area (Å²) in [4.78, 5) is 20.8. The van der Waals surface area contributed by atoms with Crippen LogP contribution < -0.4 is 11.1 Å². The van der Waals surface area contributed by atoms with Crippen LogP contribution in [0, 0.1) is 6.92 Å². The van der Waals surface area contributed by atoms with E-state index in [0.29, 0.717) is 12.1 Å². The third kappa shape index (κ3) is 2.96. The van der Waals surface area contributed by atoms with E-state index in [4.69, 9.17) is 17.3 Å². The van der Waals surface area contributed by atoms with Gasteiger partial charge in [0.2, 0.25) is 0 Å². The van der Waals surface area contributed by atoms with Gasteiger partial charge in [-0.05, 0) is 19.1 Å². The highest BCUT2D eigenvalue weighted by Crippen LogP contribution is 2.14. The van der Waals surface area contributed by atoms with Crippen LogP contribution in [0.25, 0.3) is 0 Å². The number of halogens is 1. The van der Waals surface area contributed by atoms with Crippen molar-refractivity contribution in [3.05, 3.63) is 38.9 Å². The van der Waals surface area contributed by atoms with Crippen molar-refractivity contribution in [1.82, 2.24) is 15.3 Å². The number of hydrogen-bond acceptors (Lipinski definition) is 5.